The highest BCUT2D eigenvalue weighted by Crippen LogP contribution is 2.26. The maximum Gasteiger partial charge on any atom is 0.264 e. The average Bonchev–Trinajstić information content (AvgIpc) is 2.50. The van der Waals surface area contributed by atoms with Gasteiger partial charge in [-0.3, -0.25) is 0 Å². The van der Waals surface area contributed by atoms with E-state index >= 15 is 0 Å². The van der Waals surface area contributed by atoms with Gasteiger partial charge in [0.2, 0.25) is 0 Å². The number of nitrogens with zero attached hydrogens (tertiary/aromatic N) is 2. The van der Waals surface area contributed by atoms with Crippen molar-refractivity contribution >= 4 is 43.5 Å². The molecule has 6 heteroatoms. The Morgan fingerprint density at radius 3 is 2.29 bits per heavy atom. The average molecular weight is 338 g/mol. The van der Waals surface area contributed by atoms with E-state index in [2.05, 4.69) is 42.0 Å². The normalized spacial score (nSPS) is 10.5. The van der Waals surface area contributed by atoms with E-state index in [0.717, 1.165) is 14.5 Å². The Morgan fingerprint density at radius 2 is 1.79 bits per heavy atom. The van der Waals surface area contributed by atoms with Crippen LogP contribution in [0.25, 0.3) is 11.5 Å². The third-order valence-corrected chi connectivity index (χ3v) is 2.58. The van der Waals surface area contributed by atoms with Crippen molar-refractivity contribution < 1.29 is 4.52 Å². The van der Waals surface area contributed by atoms with Crippen molar-refractivity contribution in [3.8, 4) is 11.5 Å². The Bertz CT molecular complexity index is 452. The summed E-state index contributed by atoms with van der Waals surface area (Å²) in [5, 5.41) is 3.61. The summed E-state index contributed by atoms with van der Waals surface area (Å²) in [5.74, 6) is 0.400. The summed E-state index contributed by atoms with van der Waals surface area (Å²) in [6, 6.07) is 5.66. The third-order valence-electron chi connectivity index (χ3n) is 1.51. The van der Waals surface area contributed by atoms with Crippen LogP contribution in [0.3, 0.4) is 0 Å². The maximum atomic E-state index is 5.55. The van der Waals surface area contributed by atoms with Gasteiger partial charge in [-0.15, -0.1) is 0 Å². The van der Waals surface area contributed by atoms with Gasteiger partial charge in [0.25, 0.3) is 11.2 Å². The van der Waals surface area contributed by atoms with Crippen LogP contribution in [0.5, 0.6) is 0 Å². The minimum Gasteiger partial charge on any atom is -0.333 e. The Balaban J connectivity index is 2.51. The van der Waals surface area contributed by atoms with Crippen molar-refractivity contribution in [2.45, 2.75) is 0 Å². The number of aromatic nitrogens is 2. The summed E-state index contributed by atoms with van der Waals surface area (Å²) < 4.78 is 6.78. The summed E-state index contributed by atoms with van der Waals surface area (Å²) in [6.45, 7) is 0. The Morgan fingerprint density at radius 1 is 1.14 bits per heavy atom. The monoisotopic (exact) mass is 336 g/mol. The topological polar surface area (TPSA) is 38.9 Å². The number of rotatable bonds is 1. The first-order chi connectivity index (χ1) is 6.65. The van der Waals surface area contributed by atoms with E-state index in [1.54, 1.807) is 0 Å². The number of halogens is 3. The number of hydrogen-bond donors (Lipinski definition) is 0. The summed E-state index contributed by atoms with van der Waals surface area (Å²) >= 11 is 12.3. The Hall–Kier alpha value is -0.390. The van der Waals surface area contributed by atoms with Crippen molar-refractivity contribution in [1.29, 1.82) is 0 Å². The fourth-order valence-corrected chi connectivity index (χ4v) is 2.41. The van der Waals surface area contributed by atoms with Crippen molar-refractivity contribution in [2.24, 2.45) is 0 Å². The van der Waals surface area contributed by atoms with Gasteiger partial charge >= 0.3 is 0 Å². The van der Waals surface area contributed by atoms with Crippen LogP contribution in [0, 0.1) is 0 Å². The Kier molecular flexibility index (Phi) is 2.90. The lowest BCUT2D eigenvalue weighted by Gasteiger charge is -1.97. The van der Waals surface area contributed by atoms with Crippen molar-refractivity contribution in [2.75, 3.05) is 0 Å². The molecular formula is C8H3Br2ClN2O. The molecule has 72 valence electrons. The lowest BCUT2D eigenvalue weighted by molar-refractivity contribution is 0.430. The molecule has 0 N–H and O–H groups in total. The van der Waals surface area contributed by atoms with Gasteiger partial charge < -0.3 is 4.52 Å². The van der Waals surface area contributed by atoms with Gasteiger partial charge in [-0.2, -0.15) is 4.98 Å². The molecule has 0 spiro atoms. The zero-order valence-corrected chi connectivity index (χ0v) is 10.6. The second-order valence-electron chi connectivity index (χ2n) is 2.53. The van der Waals surface area contributed by atoms with Gasteiger partial charge in [-0.1, -0.05) is 31.9 Å². The minimum atomic E-state index is 0.107. The quantitative estimate of drug-likeness (QED) is 0.791. The predicted molar refractivity (Wildman–Crippen MR) is 60.1 cm³/mol. The highest BCUT2D eigenvalue weighted by atomic mass is 79.9. The molecule has 2 aromatic rings. The summed E-state index contributed by atoms with van der Waals surface area (Å²) in [4.78, 5) is 3.91. The van der Waals surface area contributed by atoms with Gasteiger partial charge in [0.1, 0.15) is 0 Å². The van der Waals surface area contributed by atoms with Crippen molar-refractivity contribution in [1.82, 2.24) is 10.1 Å². The molecule has 0 aliphatic heterocycles. The number of benzene rings is 1. The van der Waals surface area contributed by atoms with Crippen LogP contribution in [-0.2, 0) is 0 Å². The second-order valence-corrected chi connectivity index (χ2v) is 4.70. The minimum absolute atomic E-state index is 0.107. The molecule has 2 rings (SSSR count). The van der Waals surface area contributed by atoms with Crippen LogP contribution in [-0.4, -0.2) is 10.1 Å². The largest absolute Gasteiger partial charge is 0.333 e. The molecule has 0 bridgehead atoms. The van der Waals surface area contributed by atoms with Crippen LogP contribution in [0.15, 0.2) is 31.7 Å². The van der Waals surface area contributed by atoms with Gasteiger partial charge in [-0.05, 0) is 35.0 Å². The van der Waals surface area contributed by atoms with E-state index in [4.69, 9.17) is 16.1 Å². The summed E-state index contributed by atoms with van der Waals surface area (Å²) in [5.41, 5.74) is 0.811. The first kappa shape index (κ1) is 10.1. The zero-order valence-electron chi connectivity index (χ0n) is 6.67. The van der Waals surface area contributed by atoms with Gasteiger partial charge in [0.05, 0.1) is 0 Å². The van der Waals surface area contributed by atoms with Gasteiger partial charge in [0.15, 0.2) is 0 Å². The van der Waals surface area contributed by atoms with Gasteiger partial charge in [-0.25, -0.2) is 0 Å². The fraction of sp³-hybridized carbons (Fsp3) is 0. The SMILES string of the molecule is Clc1noc(-c2cc(Br)cc(Br)c2)n1. The fourth-order valence-electron chi connectivity index (χ4n) is 1.00. The second kappa shape index (κ2) is 4.00. The van der Waals surface area contributed by atoms with E-state index in [0.29, 0.717) is 5.89 Å². The molecule has 3 nitrogen and oxygen atoms in total. The highest BCUT2D eigenvalue weighted by molar-refractivity contribution is 9.11. The molecule has 0 aliphatic carbocycles. The third kappa shape index (κ3) is 2.16. The molecule has 14 heavy (non-hydrogen) atoms. The molecule has 0 saturated heterocycles. The lowest BCUT2D eigenvalue weighted by Crippen LogP contribution is -1.78. The van der Waals surface area contributed by atoms with Crippen molar-refractivity contribution in [3.63, 3.8) is 0 Å². The molecule has 0 amide bonds. The smallest absolute Gasteiger partial charge is 0.264 e. The molecule has 1 aromatic carbocycles. The standard InChI is InChI=1S/C8H3Br2ClN2O/c9-5-1-4(2-6(10)3-5)7-12-8(11)13-14-7/h1-3H. The van der Waals surface area contributed by atoms with E-state index in [1.807, 2.05) is 18.2 Å². The molecule has 0 saturated carbocycles. The van der Waals surface area contributed by atoms with Gasteiger partial charge in [0, 0.05) is 14.5 Å². The highest BCUT2D eigenvalue weighted by Gasteiger charge is 2.08. The van der Waals surface area contributed by atoms with E-state index in [-0.39, 0.29) is 5.28 Å². The first-order valence-corrected chi connectivity index (χ1v) is 5.57. The molecule has 0 radical (unpaired) electrons. The zero-order chi connectivity index (χ0) is 10.1. The van der Waals surface area contributed by atoms with Crippen LogP contribution < -0.4 is 0 Å². The molecular weight excluding hydrogens is 335 g/mol. The van der Waals surface area contributed by atoms with E-state index < -0.39 is 0 Å². The molecule has 1 heterocycles. The van der Waals surface area contributed by atoms with Crippen LogP contribution >= 0.6 is 43.5 Å². The molecule has 0 aliphatic rings. The predicted octanol–water partition coefficient (Wildman–Crippen LogP) is 3.92. The number of hydrogen-bond acceptors (Lipinski definition) is 3. The first-order valence-electron chi connectivity index (χ1n) is 3.61. The molecule has 1 aromatic heterocycles. The molecule has 0 atom stereocenters. The molecule has 0 fully saturated rings. The van der Waals surface area contributed by atoms with Crippen LogP contribution in [0.4, 0.5) is 0 Å². The molecule has 0 unspecified atom stereocenters. The summed E-state index contributed by atoms with van der Waals surface area (Å²) in [6.07, 6.45) is 0. The van der Waals surface area contributed by atoms with Crippen molar-refractivity contribution in [3.05, 3.63) is 32.4 Å². The van der Waals surface area contributed by atoms with Crippen LogP contribution in [0.1, 0.15) is 0 Å². The Labute approximate surface area is 102 Å². The van der Waals surface area contributed by atoms with E-state index in [1.165, 1.54) is 0 Å². The maximum absolute atomic E-state index is 5.55. The lowest BCUT2D eigenvalue weighted by atomic mass is 10.2. The summed E-state index contributed by atoms with van der Waals surface area (Å²) in [7, 11) is 0. The van der Waals surface area contributed by atoms with E-state index in [9.17, 15) is 0 Å². The van der Waals surface area contributed by atoms with Crippen LogP contribution in [0.2, 0.25) is 5.28 Å².